The van der Waals surface area contributed by atoms with Crippen LogP contribution in [0.15, 0.2) is 16.9 Å². The van der Waals surface area contributed by atoms with Crippen LogP contribution in [0.2, 0.25) is 0 Å². The number of nitrogens with one attached hydrogen (secondary N) is 1. The molecule has 3 rings (SSSR count). The van der Waals surface area contributed by atoms with Crippen LogP contribution in [0.1, 0.15) is 25.7 Å². The van der Waals surface area contributed by atoms with Gasteiger partial charge >= 0.3 is 5.69 Å². The number of rotatable bonds is 2. The highest BCUT2D eigenvalue weighted by molar-refractivity contribution is 9.09. The number of anilines is 1. The molecule has 2 aromatic heterocycles. The molecule has 3 heterocycles. The molecule has 1 saturated heterocycles. The summed E-state index contributed by atoms with van der Waals surface area (Å²) in [7, 11) is 0. The first kappa shape index (κ1) is 12.7. The van der Waals surface area contributed by atoms with Gasteiger partial charge in [0, 0.05) is 17.9 Å². The molecule has 0 saturated carbocycles. The first-order valence-corrected chi connectivity index (χ1v) is 7.69. The van der Waals surface area contributed by atoms with Crippen molar-refractivity contribution in [1.29, 1.82) is 0 Å². The molecule has 0 amide bonds. The summed E-state index contributed by atoms with van der Waals surface area (Å²) in [5.41, 5.74) is 0.265. The van der Waals surface area contributed by atoms with E-state index < -0.39 is 0 Å². The number of hydrogen-bond donors (Lipinski definition) is 1. The van der Waals surface area contributed by atoms with Crippen molar-refractivity contribution in [2.75, 3.05) is 16.8 Å². The molecule has 7 heteroatoms. The molecule has 2 aromatic rings. The Morgan fingerprint density at radius 2 is 2.26 bits per heavy atom. The van der Waals surface area contributed by atoms with Crippen molar-refractivity contribution < 1.29 is 0 Å². The molecular formula is C12H16BrN5O. The molecule has 1 N–H and O–H groups in total. The van der Waals surface area contributed by atoms with Crippen molar-refractivity contribution in [2.45, 2.75) is 31.7 Å². The first-order valence-electron chi connectivity index (χ1n) is 6.56. The summed E-state index contributed by atoms with van der Waals surface area (Å²) in [4.78, 5) is 13.9. The van der Waals surface area contributed by atoms with Crippen LogP contribution in [0.5, 0.6) is 0 Å². The Morgan fingerprint density at radius 1 is 1.37 bits per heavy atom. The molecule has 0 radical (unpaired) electrons. The van der Waals surface area contributed by atoms with Gasteiger partial charge in [0.15, 0.2) is 5.65 Å². The summed E-state index contributed by atoms with van der Waals surface area (Å²) in [5, 5.41) is 11.6. The van der Waals surface area contributed by atoms with Crippen molar-refractivity contribution >= 4 is 27.4 Å². The highest BCUT2D eigenvalue weighted by Crippen LogP contribution is 2.23. The fourth-order valence-electron chi connectivity index (χ4n) is 2.59. The zero-order chi connectivity index (χ0) is 13.2. The number of aromatic amines is 1. The predicted molar refractivity (Wildman–Crippen MR) is 77.0 cm³/mol. The number of fused-ring (bicyclic) bond motifs is 1. The van der Waals surface area contributed by atoms with Gasteiger partial charge in [-0.1, -0.05) is 28.8 Å². The lowest BCUT2D eigenvalue weighted by molar-refractivity contribution is 0.616. The lowest BCUT2D eigenvalue weighted by atomic mass is 10.1. The zero-order valence-electron chi connectivity index (χ0n) is 10.5. The summed E-state index contributed by atoms with van der Waals surface area (Å²) in [6.07, 6.45) is 4.84. The van der Waals surface area contributed by atoms with Crippen LogP contribution in [0, 0.1) is 0 Å². The van der Waals surface area contributed by atoms with Gasteiger partial charge in [-0.05, 0) is 25.0 Å². The first-order chi connectivity index (χ1) is 9.29. The Balaban J connectivity index is 2.00. The van der Waals surface area contributed by atoms with Crippen molar-refractivity contribution in [1.82, 2.24) is 19.8 Å². The summed E-state index contributed by atoms with van der Waals surface area (Å²) in [6.45, 7) is 0.987. The Kier molecular flexibility index (Phi) is 3.54. The van der Waals surface area contributed by atoms with E-state index >= 15 is 0 Å². The molecule has 1 atom stereocenters. The van der Waals surface area contributed by atoms with Crippen LogP contribution in [0.3, 0.4) is 0 Å². The van der Waals surface area contributed by atoms with Crippen LogP contribution in [-0.2, 0) is 0 Å². The zero-order valence-corrected chi connectivity index (χ0v) is 12.1. The quantitative estimate of drug-likeness (QED) is 0.851. The third-order valence-electron chi connectivity index (χ3n) is 3.61. The van der Waals surface area contributed by atoms with Gasteiger partial charge in [0.25, 0.3) is 0 Å². The van der Waals surface area contributed by atoms with Gasteiger partial charge in [0.1, 0.15) is 5.82 Å². The minimum atomic E-state index is -0.290. The average Bonchev–Trinajstić information content (AvgIpc) is 2.66. The van der Waals surface area contributed by atoms with E-state index in [1.54, 1.807) is 0 Å². The number of H-pyrrole nitrogens is 1. The molecule has 1 unspecified atom stereocenters. The van der Waals surface area contributed by atoms with Crippen molar-refractivity contribution in [3.8, 4) is 0 Å². The van der Waals surface area contributed by atoms with E-state index in [4.69, 9.17) is 0 Å². The van der Waals surface area contributed by atoms with E-state index in [-0.39, 0.29) is 5.69 Å². The number of halogens is 1. The van der Waals surface area contributed by atoms with Gasteiger partial charge < -0.3 is 4.90 Å². The summed E-state index contributed by atoms with van der Waals surface area (Å²) >= 11 is 3.58. The van der Waals surface area contributed by atoms with E-state index in [0.29, 0.717) is 11.7 Å². The summed E-state index contributed by atoms with van der Waals surface area (Å²) < 4.78 is 1.32. The van der Waals surface area contributed by atoms with Gasteiger partial charge in [-0.15, -0.1) is 5.10 Å². The number of nitrogens with zero attached hydrogens (tertiary/aromatic N) is 4. The molecule has 0 bridgehead atoms. The number of aromatic nitrogens is 4. The molecule has 102 valence electrons. The SMILES string of the molecule is O=c1[nH]nc2ccc(N3CCCCCC3CBr)nn12. The molecule has 1 fully saturated rings. The van der Waals surface area contributed by atoms with Gasteiger partial charge in [-0.2, -0.15) is 9.61 Å². The van der Waals surface area contributed by atoms with E-state index in [0.717, 1.165) is 24.1 Å². The van der Waals surface area contributed by atoms with Crippen molar-refractivity contribution in [3.05, 3.63) is 22.6 Å². The monoisotopic (exact) mass is 325 g/mol. The standard InChI is InChI=1S/C12H16BrN5O/c13-8-9-4-2-1-3-7-17(9)11-6-5-10-14-15-12(19)18(10)16-11/h5-6,9H,1-4,7-8H2,(H,15,19). The van der Waals surface area contributed by atoms with E-state index in [1.165, 1.54) is 23.8 Å². The molecule has 0 aromatic carbocycles. The van der Waals surface area contributed by atoms with Gasteiger partial charge in [0.2, 0.25) is 0 Å². The van der Waals surface area contributed by atoms with Crippen LogP contribution in [0.25, 0.3) is 5.65 Å². The molecule has 1 aliphatic heterocycles. The maximum absolute atomic E-state index is 11.6. The molecule has 0 aliphatic carbocycles. The van der Waals surface area contributed by atoms with Crippen LogP contribution >= 0.6 is 15.9 Å². The maximum atomic E-state index is 11.6. The molecular weight excluding hydrogens is 310 g/mol. The number of alkyl halides is 1. The minimum Gasteiger partial charge on any atom is -0.351 e. The van der Waals surface area contributed by atoms with Gasteiger partial charge in [0.05, 0.1) is 0 Å². The second-order valence-corrected chi connectivity index (χ2v) is 5.49. The molecule has 0 spiro atoms. The Labute approximate surface area is 118 Å². The third-order valence-corrected chi connectivity index (χ3v) is 4.36. The van der Waals surface area contributed by atoms with Crippen LogP contribution in [0.4, 0.5) is 5.82 Å². The third kappa shape index (κ3) is 2.39. The van der Waals surface area contributed by atoms with Crippen LogP contribution < -0.4 is 10.6 Å². The second-order valence-electron chi connectivity index (χ2n) is 4.84. The minimum absolute atomic E-state index is 0.290. The normalized spacial score (nSPS) is 20.7. The summed E-state index contributed by atoms with van der Waals surface area (Å²) in [5.74, 6) is 0.849. The molecule has 1 aliphatic rings. The fraction of sp³-hybridized carbons (Fsp3) is 0.583. The van der Waals surface area contributed by atoms with Gasteiger partial charge in [-0.3, -0.25) is 0 Å². The second kappa shape index (κ2) is 5.32. The lowest BCUT2D eigenvalue weighted by Gasteiger charge is -2.29. The maximum Gasteiger partial charge on any atom is 0.364 e. The van der Waals surface area contributed by atoms with E-state index in [9.17, 15) is 4.79 Å². The van der Waals surface area contributed by atoms with Crippen LogP contribution in [-0.4, -0.2) is 37.7 Å². The van der Waals surface area contributed by atoms with Gasteiger partial charge in [-0.25, -0.2) is 9.89 Å². The lowest BCUT2D eigenvalue weighted by Crippen LogP contribution is -2.37. The topological polar surface area (TPSA) is 66.3 Å². The Morgan fingerprint density at radius 3 is 3.11 bits per heavy atom. The predicted octanol–water partition coefficient (Wildman–Crippen LogP) is 1.56. The average molecular weight is 326 g/mol. The molecule has 19 heavy (non-hydrogen) atoms. The fourth-order valence-corrected chi connectivity index (χ4v) is 3.26. The van der Waals surface area contributed by atoms with E-state index in [2.05, 4.69) is 36.1 Å². The van der Waals surface area contributed by atoms with E-state index in [1.807, 2.05) is 12.1 Å². The smallest absolute Gasteiger partial charge is 0.351 e. The summed E-state index contributed by atoms with van der Waals surface area (Å²) in [6, 6.07) is 4.21. The Hall–Kier alpha value is -1.37. The Bertz CT molecular complexity index is 622. The highest BCUT2D eigenvalue weighted by Gasteiger charge is 2.21. The van der Waals surface area contributed by atoms with Crippen molar-refractivity contribution in [2.24, 2.45) is 0 Å². The highest BCUT2D eigenvalue weighted by atomic mass is 79.9. The largest absolute Gasteiger partial charge is 0.364 e. The molecule has 6 nitrogen and oxygen atoms in total. The van der Waals surface area contributed by atoms with Crippen molar-refractivity contribution in [3.63, 3.8) is 0 Å². The number of hydrogen-bond acceptors (Lipinski definition) is 4.